The third-order valence-corrected chi connectivity index (χ3v) is 9.22. The van der Waals surface area contributed by atoms with Crippen molar-refractivity contribution < 1.29 is 42.5 Å². The molecule has 0 aromatic heterocycles. The maximum atomic E-state index is 13.6. The number of fused-ring (bicyclic) bond motifs is 1. The van der Waals surface area contributed by atoms with E-state index in [2.05, 4.69) is 5.32 Å². The highest BCUT2D eigenvalue weighted by atomic mass is 32.2. The fourth-order valence-corrected chi connectivity index (χ4v) is 6.76. The molecule has 5 rings (SSSR count). The van der Waals surface area contributed by atoms with Crippen LogP contribution in [0.1, 0.15) is 37.7 Å². The minimum Gasteiger partial charge on any atom is -0.508 e. The third kappa shape index (κ3) is 6.93. The van der Waals surface area contributed by atoms with Gasteiger partial charge >= 0.3 is 6.09 Å². The summed E-state index contributed by atoms with van der Waals surface area (Å²) in [4.78, 5) is 18.7. The summed E-state index contributed by atoms with van der Waals surface area (Å²) in [5, 5.41) is 24.0. The standard InChI is InChI=1S/C28H36N2O9S/c31-20-9-6-12-22(16-20)40(34,35)30(39-21-10-4-5-11-21)17-25(32)24(15-19-7-2-1-3-8-19)29-28(33)38-26-18-37-27-23(26)13-14-36-27/h1-3,6-9,12,16,21,23-27,31-32H,4-5,10-11,13-15,17-18H2,(H,29,33)/t23-,24-,25-,26-,27+/m0/s1. The zero-order valence-electron chi connectivity index (χ0n) is 22.1. The van der Waals surface area contributed by atoms with Gasteiger partial charge in [0.05, 0.1) is 48.8 Å². The van der Waals surface area contributed by atoms with Crippen LogP contribution in [0.25, 0.3) is 0 Å². The summed E-state index contributed by atoms with van der Waals surface area (Å²) in [6.07, 6.45) is 0.866. The molecule has 3 fully saturated rings. The van der Waals surface area contributed by atoms with E-state index in [1.54, 1.807) is 0 Å². The van der Waals surface area contributed by atoms with Gasteiger partial charge in [0.2, 0.25) is 0 Å². The molecule has 5 atom stereocenters. The van der Waals surface area contributed by atoms with E-state index < -0.39 is 40.9 Å². The molecule has 3 aliphatic rings. The minimum atomic E-state index is -4.25. The van der Waals surface area contributed by atoms with E-state index in [1.165, 1.54) is 18.2 Å². The fraction of sp³-hybridized carbons (Fsp3) is 0.536. The summed E-state index contributed by atoms with van der Waals surface area (Å²) in [6, 6.07) is 13.6. The van der Waals surface area contributed by atoms with E-state index >= 15 is 0 Å². The minimum absolute atomic E-state index is 0.0500. The number of rotatable bonds is 11. The fourth-order valence-electron chi connectivity index (χ4n) is 5.42. The van der Waals surface area contributed by atoms with Gasteiger partial charge in [0, 0.05) is 0 Å². The molecule has 40 heavy (non-hydrogen) atoms. The van der Waals surface area contributed by atoms with Crippen LogP contribution < -0.4 is 5.32 Å². The summed E-state index contributed by atoms with van der Waals surface area (Å²) in [6.45, 7) is 0.313. The zero-order chi connectivity index (χ0) is 28.1. The van der Waals surface area contributed by atoms with Crippen molar-refractivity contribution in [3.63, 3.8) is 0 Å². The highest BCUT2D eigenvalue weighted by Crippen LogP contribution is 2.33. The van der Waals surface area contributed by atoms with E-state index in [4.69, 9.17) is 19.0 Å². The Morgan fingerprint density at radius 2 is 1.85 bits per heavy atom. The second kappa shape index (κ2) is 12.8. The number of nitrogens with zero attached hydrogens (tertiary/aromatic N) is 1. The van der Waals surface area contributed by atoms with Crippen molar-refractivity contribution >= 4 is 16.1 Å². The molecule has 0 radical (unpaired) electrons. The Bertz CT molecular complexity index is 1240. The second-order valence-electron chi connectivity index (χ2n) is 10.5. The number of aliphatic hydroxyl groups is 1. The number of phenolic OH excluding ortho intramolecular Hbond substituents is 1. The molecule has 0 unspecified atom stereocenters. The van der Waals surface area contributed by atoms with Crippen molar-refractivity contribution in [1.29, 1.82) is 0 Å². The highest BCUT2D eigenvalue weighted by Gasteiger charge is 2.44. The first-order valence-corrected chi connectivity index (χ1v) is 15.1. The largest absolute Gasteiger partial charge is 0.508 e. The number of phenols is 1. The molecule has 12 heteroatoms. The van der Waals surface area contributed by atoms with Gasteiger partial charge in [0.1, 0.15) is 11.9 Å². The van der Waals surface area contributed by atoms with Crippen molar-refractivity contribution in [2.45, 2.75) is 74.1 Å². The van der Waals surface area contributed by atoms with E-state index in [1.807, 2.05) is 30.3 Å². The second-order valence-corrected chi connectivity index (χ2v) is 12.3. The number of aliphatic hydroxyl groups excluding tert-OH is 1. The topological polar surface area (TPSA) is 144 Å². The van der Waals surface area contributed by atoms with Crippen LogP contribution in [-0.4, -0.2) is 79.6 Å². The zero-order valence-corrected chi connectivity index (χ0v) is 22.9. The highest BCUT2D eigenvalue weighted by molar-refractivity contribution is 7.89. The van der Waals surface area contributed by atoms with Crippen LogP contribution in [0.15, 0.2) is 59.5 Å². The molecule has 2 aliphatic heterocycles. The maximum absolute atomic E-state index is 13.6. The Labute approximate surface area is 234 Å². The number of alkyl carbamates (subject to hydrolysis) is 1. The Kier molecular flexibility index (Phi) is 9.24. The van der Waals surface area contributed by atoms with Crippen molar-refractivity contribution in [3.8, 4) is 5.75 Å². The molecular weight excluding hydrogens is 540 g/mol. The van der Waals surface area contributed by atoms with Crippen LogP contribution >= 0.6 is 0 Å². The van der Waals surface area contributed by atoms with E-state index in [-0.39, 0.29) is 42.0 Å². The van der Waals surface area contributed by atoms with E-state index in [0.29, 0.717) is 19.4 Å². The number of hydrogen-bond acceptors (Lipinski definition) is 9. The summed E-state index contributed by atoms with van der Waals surface area (Å²) < 4.78 is 44.7. The summed E-state index contributed by atoms with van der Waals surface area (Å²) >= 11 is 0. The quantitative estimate of drug-likeness (QED) is 0.344. The number of hydroxylamine groups is 1. The normalized spacial score (nSPS) is 24.6. The predicted molar refractivity (Wildman–Crippen MR) is 142 cm³/mol. The number of ether oxygens (including phenoxy) is 3. The van der Waals surface area contributed by atoms with Crippen LogP contribution in [0.3, 0.4) is 0 Å². The predicted octanol–water partition coefficient (Wildman–Crippen LogP) is 2.72. The molecule has 2 saturated heterocycles. The summed E-state index contributed by atoms with van der Waals surface area (Å²) in [5.41, 5.74) is 0.833. The lowest BCUT2D eigenvalue weighted by Gasteiger charge is -2.31. The molecule has 3 N–H and O–H groups in total. The van der Waals surface area contributed by atoms with Gasteiger partial charge in [-0.1, -0.05) is 53.7 Å². The molecular formula is C28H36N2O9S. The molecule has 2 heterocycles. The average Bonchev–Trinajstić information content (AvgIpc) is 3.69. The van der Waals surface area contributed by atoms with Gasteiger partial charge in [-0.15, -0.1) is 0 Å². The number of benzene rings is 2. The molecule has 11 nitrogen and oxygen atoms in total. The van der Waals surface area contributed by atoms with Gasteiger partial charge < -0.3 is 29.7 Å². The monoisotopic (exact) mass is 576 g/mol. The summed E-state index contributed by atoms with van der Waals surface area (Å²) in [7, 11) is -4.25. The van der Waals surface area contributed by atoms with Crippen molar-refractivity contribution in [3.05, 3.63) is 60.2 Å². The molecule has 0 bridgehead atoms. The van der Waals surface area contributed by atoms with Gasteiger partial charge in [-0.3, -0.25) is 4.84 Å². The first-order valence-electron chi connectivity index (χ1n) is 13.7. The molecule has 2 aromatic rings. The first-order chi connectivity index (χ1) is 19.3. The molecule has 1 aliphatic carbocycles. The van der Waals surface area contributed by atoms with E-state index in [9.17, 15) is 23.4 Å². The average molecular weight is 577 g/mol. The molecule has 2 aromatic carbocycles. The number of carbonyl (C=O) groups is 1. The van der Waals surface area contributed by atoms with Crippen LogP contribution in [0, 0.1) is 5.92 Å². The number of hydrogen-bond donors (Lipinski definition) is 3. The van der Waals surface area contributed by atoms with Crippen molar-refractivity contribution in [2.24, 2.45) is 5.92 Å². The SMILES string of the molecule is O=C(N[C@@H](Cc1ccccc1)[C@@H](O)CN(OC1CCCC1)S(=O)(=O)c1cccc(O)c1)O[C@H]1CO[C@H]2OCC[C@H]21. The number of sulfonamides is 1. The van der Waals surface area contributed by atoms with Gasteiger partial charge in [-0.2, -0.15) is 0 Å². The lowest BCUT2D eigenvalue weighted by molar-refractivity contribution is -0.145. The lowest BCUT2D eigenvalue weighted by atomic mass is 10.0. The Balaban J connectivity index is 1.34. The van der Waals surface area contributed by atoms with Crippen LogP contribution in [0.4, 0.5) is 4.79 Å². The van der Waals surface area contributed by atoms with Gasteiger partial charge in [0.15, 0.2) is 6.29 Å². The molecule has 1 amide bonds. The Morgan fingerprint density at radius 3 is 2.60 bits per heavy atom. The van der Waals surface area contributed by atoms with Gasteiger partial charge in [-0.05, 0) is 49.4 Å². The molecule has 0 spiro atoms. The number of nitrogens with one attached hydrogen (secondary N) is 1. The van der Waals surface area contributed by atoms with Crippen LogP contribution in [-0.2, 0) is 35.5 Å². The Hall–Kier alpha value is -2.74. The maximum Gasteiger partial charge on any atom is 0.407 e. The van der Waals surface area contributed by atoms with Gasteiger partial charge in [0.25, 0.3) is 10.0 Å². The number of carbonyl (C=O) groups excluding carboxylic acids is 1. The molecule has 218 valence electrons. The first kappa shape index (κ1) is 28.8. The van der Waals surface area contributed by atoms with Gasteiger partial charge in [-0.25, -0.2) is 13.2 Å². The smallest absolute Gasteiger partial charge is 0.407 e. The molecule has 1 saturated carbocycles. The van der Waals surface area contributed by atoms with Crippen molar-refractivity contribution in [2.75, 3.05) is 19.8 Å². The number of aromatic hydroxyl groups is 1. The third-order valence-electron chi connectivity index (χ3n) is 7.60. The van der Waals surface area contributed by atoms with Crippen LogP contribution in [0.5, 0.6) is 5.75 Å². The Morgan fingerprint density at radius 1 is 1.07 bits per heavy atom. The van der Waals surface area contributed by atoms with Crippen molar-refractivity contribution in [1.82, 2.24) is 9.79 Å². The van der Waals surface area contributed by atoms with Crippen LogP contribution in [0.2, 0.25) is 0 Å². The number of amides is 1. The lowest BCUT2D eigenvalue weighted by Crippen LogP contribution is -2.51. The summed E-state index contributed by atoms with van der Waals surface area (Å²) in [5.74, 6) is -0.259. The van der Waals surface area contributed by atoms with E-state index in [0.717, 1.165) is 35.4 Å².